The molecule has 3 aromatic carbocycles. The Morgan fingerprint density at radius 2 is 1.67 bits per heavy atom. The predicted molar refractivity (Wildman–Crippen MR) is 156 cm³/mol. The summed E-state index contributed by atoms with van der Waals surface area (Å²) in [6.45, 7) is 2.71. The van der Waals surface area contributed by atoms with Crippen molar-refractivity contribution in [1.29, 1.82) is 0 Å². The van der Waals surface area contributed by atoms with E-state index in [2.05, 4.69) is 19.1 Å². The van der Waals surface area contributed by atoms with Gasteiger partial charge in [0.15, 0.2) is 0 Å². The number of benzene rings is 3. The van der Waals surface area contributed by atoms with Crippen LogP contribution in [0.4, 0.5) is 0 Å². The quantitative estimate of drug-likeness (QED) is 0.189. The van der Waals surface area contributed by atoms with E-state index in [0.29, 0.717) is 33.8 Å². The Hall–Kier alpha value is -4.07. The number of amides is 1. The first-order valence-corrected chi connectivity index (χ1v) is 13.6. The van der Waals surface area contributed by atoms with Gasteiger partial charge in [-0.2, -0.15) is 5.10 Å². The highest BCUT2D eigenvalue weighted by molar-refractivity contribution is 7.17. The lowest BCUT2D eigenvalue weighted by atomic mass is 10.1. The van der Waals surface area contributed by atoms with E-state index in [1.807, 2.05) is 71.5 Å². The molecule has 0 N–H and O–H groups in total. The topological polar surface area (TPSA) is 56.6 Å². The van der Waals surface area contributed by atoms with Gasteiger partial charge >= 0.3 is 0 Å². The normalized spacial score (nSPS) is 10.9. The summed E-state index contributed by atoms with van der Waals surface area (Å²) in [6.07, 6.45) is 2.00. The molecule has 0 aliphatic heterocycles. The van der Waals surface area contributed by atoms with E-state index in [-0.39, 0.29) is 5.91 Å². The van der Waals surface area contributed by atoms with Crippen LogP contribution in [-0.4, -0.2) is 34.8 Å². The SMILES string of the molecule is COc1ccc(CN(Cc2cn(-c3ccc(C)cc3)nc2-c2ccccc2)C(=O)c2ccc(Cl)s2)c(OC)c1. The first kappa shape index (κ1) is 26.5. The first-order valence-electron chi connectivity index (χ1n) is 12.4. The summed E-state index contributed by atoms with van der Waals surface area (Å²) in [5.41, 5.74) is 5.71. The molecule has 0 aliphatic rings. The van der Waals surface area contributed by atoms with E-state index < -0.39 is 0 Å². The standard InChI is InChI=1S/C31H28ClN3O3S/c1-21-9-12-25(13-10-21)35-20-24(30(33-35)22-7-5-4-6-8-22)19-34(31(36)28-15-16-29(32)39-28)18-23-11-14-26(37-2)17-27(23)38-3/h4-17,20H,18-19H2,1-3H3. The van der Waals surface area contributed by atoms with Crippen LogP contribution in [0.15, 0.2) is 91.1 Å². The summed E-state index contributed by atoms with van der Waals surface area (Å²) in [7, 11) is 3.23. The molecular formula is C31H28ClN3O3S. The molecule has 0 saturated heterocycles. The van der Waals surface area contributed by atoms with E-state index in [0.717, 1.165) is 28.1 Å². The monoisotopic (exact) mass is 557 g/mol. The fourth-order valence-corrected chi connectivity index (χ4v) is 5.38. The lowest BCUT2D eigenvalue weighted by molar-refractivity contribution is 0.0734. The molecule has 2 aromatic heterocycles. The number of aromatic nitrogens is 2. The molecule has 0 fully saturated rings. The van der Waals surface area contributed by atoms with Gasteiger partial charge in [-0.1, -0.05) is 59.6 Å². The van der Waals surface area contributed by atoms with Crippen molar-refractivity contribution < 1.29 is 14.3 Å². The third-order valence-corrected chi connectivity index (χ3v) is 7.64. The number of carbonyl (C=O) groups is 1. The van der Waals surface area contributed by atoms with E-state index in [1.54, 1.807) is 31.3 Å². The van der Waals surface area contributed by atoms with Gasteiger partial charge in [-0.25, -0.2) is 4.68 Å². The van der Waals surface area contributed by atoms with Crippen LogP contribution in [0.5, 0.6) is 11.5 Å². The maximum Gasteiger partial charge on any atom is 0.264 e. The number of thiophene rings is 1. The Kier molecular flexibility index (Phi) is 8.00. The van der Waals surface area contributed by atoms with Crippen molar-refractivity contribution in [1.82, 2.24) is 14.7 Å². The predicted octanol–water partition coefficient (Wildman–Crippen LogP) is 7.42. The second-order valence-electron chi connectivity index (χ2n) is 9.09. The number of carbonyl (C=O) groups excluding carboxylic acids is 1. The van der Waals surface area contributed by atoms with Crippen LogP contribution in [0.1, 0.15) is 26.4 Å². The first-order chi connectivity index (χ1) is 18.9. The molecule has 0 bridgehead atoms. The third-order valence-electron chi connectivity index (χ3n) is 6.42. The maximum absolute atomic E-state index is 13.8. The highest BCUT2D eigenvalue weighted by Gasteiger charge is 2.23. The van der Waals surface area contributed by atoms with E-state index >= 15 is 0 Å². The molecule has 8 heteroatoms. The van der Waals surface area contributed by atoms with Crippen LogP contribution in [-0.2, 0) is 13.1 Å². The van der Waals surface area contributed by atoms with Crippen molar-refractivity contribution in [2.45, 2.75) is 20.0 Å². The van der Waals surface area contributed by atoms with Crippen LogP contribution in [0, 0.1) is 6.92 Å². The minimum atomic E-state index is -0.119. The van der Waals surface area contributed by atoms with Gasteiger partial charge in [0.1, 0.15) is 11.5 Å². The number of hydrogen-bond donors (Lipinski definition) is 0. The molecule has 39 heavy (non-hydrogen) atoms. The summed E-state index contributed by atoms with van der Waals surface area (Å²) in [4.78, 5) is 16.2. The van der Waals surface area contributed by atoms with Crippen LogP contribution in [0.2, 0.25) is 4.34 Å². The maximum atomic E-state index is 13.8. The molecule has 0 unspecified atom stereocenters. The third kappa shape index (κ3) is 6.00. The lowest BCUT2D eigenvalue weighted by Crippen LogP contribution is -2.29. The number of hydrogen-bond acceptors (Lipinski definition) is 5. The van der Waals surface area contributed by atoms with Gasteiger partial charge in [0.25, 0.3) is 5.91 Å². The summed E-state index contributed by atoms with van der Waals surface area (Å²) in [5.74, 6) is 1.21. The molecule has 0 spiro atoms. The molecular weight excluding hydrogens is 530 g/mol. The summed E-state index contributed by atoms with van der Waals surface area (Å²) in [5, 5.41) is 4.95. The largest absolute Gasteiger partial charge is 0.497 e. The molecule has 0 aliphatic carbocycles. The van der Waals surface area contributed by atoms with Crippen molar-refractivity contribution in [2.24, 2.45) is 0 Å². The van der Waals surface area contributed by atoms with Crippen LogP contribution >= 0.6 is 22.9 Å². The van der Waals surface area contributed by atoms with Gasteiger partial charge in [-0.05, 0) is 43.3 Å². The molecule has 198 valence electrons. The van der Waals surface area contributed by atoms with Crippen molar-refractivity contribution in [3.8, 4) is 28.4 Å². The van der Waals surface area contributed by atoms with Gasteiger partial charge in [0.05, 0.1) is 47.9 Å². The second-order valence-corrected chi connectivity index (χ2v) is 10.8. The molecule has 0 saturated carbocycles. The minimum absolute atomic E-state index is 0.119. The molecule has 0 radical (unpaired) electrons. The fourth-order valence-electron chi connectivity index (χ4n) is 4.37. The van der Waals surface area contributed by atoms with Crippen LogP contribution < -0.4 is 9.47 Å². The zero-order valence-electron chi connectivity index (χ0n) is 21.9. The zero-order chi connectivity index (χ0) is 27.4. The number of halogens is 1. The average molecular weight is 558 g/mol. The summed E-state index contributed by atoms with van der Waals surface area (Å²) >= 11 is 7.47. The Morgan fingerprint density at radius 1 is 0.923 bits per heavy atom. The molecule has 0 atom stereocenters. The van der Waals surface area contributed by atoms with Crippen molar-refractivity contribution >= 4 is 28.8 Å². The van der Waals surface area contributed by atoms with Crippen LogP contribution in [0.3, 0.4) is 0 Å². The number of rotatable bonds is 9. The molecule has 5 aromatic rings. The van der Waals surface area contributed by atoms with Crippen molar-refractivity contribution in [3.05, 3.63) is 117 Å². The molecule has 6 nitrogen and oxygen atoms in total. The Morgan fingerprint density at radius 3 is 2.33 bits per heavy atom. The number of aryl methyl sites for hydroxylation is 1. The van der Waals surface area contributed by atoms with E-state index in [1.165, 1.54) is 16.9 Å². The molecule has 2 heterocycles. The second kappa shape index (κ2) is 11.8. The van der Waals surface area contributed by atoms with E-state index in [4.69, 9.17) is 26.2 Å². The summed E-state index contributed by atoms with van der Waals surface area (Å²) in [6, 6.07) is 27.4. The highest BCUT2D eigenvalue weighted by atomic mass is 35.5. The summed E-state index contributed by atoms with van der Waals surface area (Å²) < 4.78 is 13.4. The number of nitrogens with zero attached hydrogens (tertiary/aromatic N) is 3. The van der Waals surface area contributed by atoms with Crippen molar-refractivity contribution in [3.63, 3.8) is 0 Å². The van der Waals surface area contributed by atoms with Crippen LogP contribution in [0.25, 0.3) is 16.9 Å². The average Bonchev–Trinajstić information content (AvgIpc) is 3.59. The van der Waals surface area contributed by atoms with Gasteiger partial charge < -0.3 is 14.4 Å². The van der Waals surface area contributed by atoms with Gasteiger partial charge in [-0.15, -0.1) is 11.3 Å². The number of ether oxygens (including phenoxy) is 2. The molecule has 5 rings (SSSR count). The minimum Gasteiger partial charge on any atom is -0.497 e. The zero-order valence-corrected chi connectivity index (χ0v) is 23.5. The Balaban J connectivity index is 1.57. The Labute approximate surface area is 237 Å². The Bertz CT molecular complexity index is 1580. The highest BCUT2D eigenvalue weighted by Crippen LogP contribution is 2.31. The van der Waals surface area contributed by atoms with Gasteiger partial charge in [0.2, 0.25) is 0 Å². The smallest absolute Gasteiger partial charge is 0.264 e. The lowest BCUT2D eigenvalue weighted by Gasteiger charge is -2.23. The fraction of sp³-hybridized carbons (Fsp3) is 0.161. The van der Waals surface area contributed by atoms with Gasteiger partial charge in [-0.3, -0.25) is 4.79 Å². The van der Waals surface area contributed by atoms with Crippen molar-refractivity contribution in [2.75, 3.05) is 14.2 Å². The van der Waals surface area contributed by atoms with Gasteiger partial charge in [0, 0.05) is 29.0 Å². The van der Waals surface area contributed by atoms with E-state index in [9.17, 15) is 4.79 Å². The number of methoxy groups -OCH3 is 2. The molecule has 1 amide bonds.